The van der Waals surface area contributed by atoms with Crippen LogP contribution in [-0.4, -0.2) is 36.3 Å². The molecule has 0 radical (unpaired) electrons. The van der Waals surface area contributed by atoms with Gasteiger partial charge in [0, 0.05) is 25.9 Å². The number of carbonyl (C=O) groups is 2. The molecule has 0 bridgehead atoms. The lowest BCUT2D eigenvalue weighted by Crippen LogP contribution is -2.41. The maximum atomic E-state index is 13.5. The first kappa shape index (κ1) is 14.0. The van der Waals surface area contributed by atoms with Gasteiger partial charge in [0.15, 0.2) is 18.2 Å². The van der Waals surface area contributed by atoms with Gasteiger partial charge in [-0.1, -0.05) is 0 Å². The van der Waals surface area contributed by atoms with E-state index in [0.29, 0.717) is 25.9 Å². The monoisotopic (exact) mass is 276 g/mol. The second kappa shape index (κ2) is 6.15. The molecule has 104 valence electrons. The summed E-state index contributed by atoms with van der Waals surface area (Å²) in [5.74, 6) is -0.870. The van der Waals surface area contributed by atoms with Crippen molar-refractivity contribution >= 4 is 11.7 Å². The number of halogens is 1. The first-order valence-electron chi connectivity index (χ1n) is 6.22. The molecule has 0 aromatic heterocycles. The van der Waals surface area contributed by atoms with Crippen molar-refractivity contribution in [3.63, 3.8) is 0 Å². The smallest absolute Gasteiger partial charge is 0.260 e. The summed E-state index contributed by atoms with van der Waals surface area (Å²) in [6, 6.07) is 5.61. The van der Waals surface area contributed by atoms with Gasteiger partial charge < -0.3 is 9.64 Å². The van der Waals surface area contributed by atoms with Crippen molar-refractivity contribution in [2.75, 3.05) is 19.7 Å². The van der Waals surface area contributed by atoms with Crippen molar-refractivity contribution in [1.82, 2.24) is 4.90 Å². The number of ketones is 1. The standard InChI is InChI=1S/C14H13FN2O3/c15-12-7-10(8-16)1-2-13(12)20-9-14(19)17-5-3-11(18)4-6-17/h1-2,7H,3-6,9H2. The van der Waals surface area contributed by atoms with Crippen LogP contribution in [0.5, 0.6) is 5.75 Å². The fourth-order valence-electron chi connectivity index (χ4n) is 1.92. The van der Waals surface area contributed by atoms with Gasteiger partial charge in [-0.25, -0.2) is 4.39 Å². The Morgan fingerprint density at radius 3 is 2.70 bits per heavy atom. The molecular weight excluding hydrogens is 263 g/mol. The average molecular weight is 276 g/mol. The van der Waals surface area contributed by atoms with Gasteiger partial charge in [-0.05, 0) is 18.2 Å². The lowest BCUT2D eigenvalue weighted by atomic mass is 10.1. The Morgan fingerprint density at radius 2 is 2.10 bits per heavy atom. The molecular formula is C14H13FN2O3. The number of nitrogens with zero attached hydrogens (tertiary/aromatic N) is 2. The van der Waals surface area contributed by atoms with Crippen LogP contribution >= 0.6 is 0 Å². The first-order valence-corrected chi connectivity index (χ1v) is 6.22. The summed E-state index contributed by atoms with van der Waals surface area (Å²) in [6.45, 7) is 0.491. The first-order chi connectivity index (χ1) is 9.60. The molecule has 5 nitrogen and oxygen atoms in total. The number of benzene rings is 1. The molecule has 0 aliphatic carbocycles. The number of nitriles is 1. The minimum Gasteiger partial charge on any atom is -0.481 e. The zero-order valence-electron chi connectivity index (χ0n) is 10.8. The van der Waals surface area contributed by atoms with E-state index in [9.17, 15) is 14.0 Å². The normalized spacial score (nSPS) is 14.8. The van der Waals surface area contributed by atoms with Crippen LogP contribution in [0.25, 0.3) is 0 Å². The van der Waals surface area contributed by atoms with Crippen molar-refractivity contribution in [1.29, 1.82) is 5.26 Å². The van der Waals surface area contributed by atoms with Crippen molar-refractivity contribution in [3.05, 3.63) is 29.6 Å². The van der Waals surface area contributed by atoms with Gasteiger partial charge in [0.05, 0.1) is 11.6 Å². The maximum Gasteiger partial charge on any atom is 0.260 e. The molecule has 6 heteroatoms. The van der Waals surface area contributed by atoms with Crippen molar-refractivity contribution in [2.24, 2.45) is 0 Å². The number of hydrogen-bond acceptors (Lipinski definition) is 4. The van der Waals surface area contributed by atoms with Gasteiger partial charge in [-0.15, -0.1) is 0 Å². The number of ether oxygens (including phenoxy) is 1. The molecule has 1 fully saturated rings. The minimum atomic E-state index is -0.675. The Morgan fingerprint density at radius 1 is 1.40 bits per heavy atom. The van der Waals surface area contributed by atoms with Gasteiger partial charge in [0.25, 0.3) is 5.91 Å². The molecule has 1 aromatic carbocycles. The molecule has 0 N–H and O–H groups in total. The molecule has 0 unspecified atom stereocenters. The topological polar surface area (TPSA) is 70.4 Å². The highest BCUT2D eigenvalue weighted by atomic mass is 19.1. The zero-order valence-corrected chi connectivity index (χ0v) is 10.8. The van der Waals surface area contributed by atoms with Gasteiger partial charge in [0.1, 0.15) is 5.78 Å². The molecule has 1 aliphatic rings. The van der Waals surface area contributed by atoms with Crippen molar-refractivity contribution < 1.29 is 18.7 Å². The molecule has 1 amide bonds. The quantitative estimate of drug-likeness (QED) is 0.833. The second-order valence-electron chi connectivity index (χ2n) is 4.47. The number of rotatable bonds is 3. The van der Waals surface area contributed by atoms with Crippen LogP contribution in [0.2, 0.25) is 0 Å². The summed E-state index contributed by atoms with van der Waals surface area (Å²) in [5.41, 5.74) is 0.190. The third-order valence-electron chi connectivity index (χ3n) is 3.09. The van der Waals surface area contributed by atoms with E-state index in [-0.39, 0.29) is 29.6 Å². The Balaban J connectivity index is 1.90. The molecule has 1 heterocycles. The lowest BCUT2D eigenvalue weighted by molar-refractivity contribution is -0.136. The van der Waals surface area contributed by atoms with Crippen molar-refractivity contribution in [3.8, 4) is 11.8 Å². The Hall–Kier alpha value is -2.42. The lowest BCUT2D eigenvalue weighted by Gasteiger charge is -2.25. The largest absolute Gasteiger partial charge is 0.481 e. The maximum absolute atomic E-state index is 13.5. The number of Topliss-reactive ketones (excluding diaryl/α,β-unsaturated/α-hetero) is 1. The van der Waals surface area contributed by atoms with Crippen LogP contribution < -0.4 is 4.74 Å². The van der Waals surface area contributed by atoms with E-state index in [4.69, 9.17) is 10.00 Å². The summed E-state index contributed by atoms with van der Waals surface area (Å²) < 4.78 is 18.7. The third kappa shape index (κ3) is 3.32. The second-order valence-corrected chi connectivity index (χ2v) is 4.47. The van der Waals surface area contributed by atoms with Gasteiger partial charge in [-0.3, -0.25) is 9.59 Å². The van der Waals surface area contributed by atoms with E-state index in [1.165, 1.54) is 17.0 Å². The predicted octanol–water partition coefficient (Wildman–Crippen LogP) is 1.27. The average Bonchev–Trinajstić information content (AvgIpc) is 2.46. The highest BCUT2D eigenvalue weighted by Crippen LogP contribution is 2.18. The SMILES string of the molecule is N#Cc1ccc(OCC(=O)N2CCC(=O)CC2)c(F)c1. The number of piperidine rings is 1. The van der Waals surface area contributed by atoms with Crippen LogP contribution in [0.1, 0.15) is 18.4 Å². The van der Waals surface area contributed by atoms with Gasteiger partial charge >= 0.3 is 0 Å². The zero-order chi connectivity index (χ0) is 14.5. The van der Waals surface area contributed by atoms with E-state index in [2.05, 4.69) is 0 Å². The van der Waals surface area contributed by atoms with E-state index < -0.39 is 5.82 Å². The van der Waals surface area contributed by atoms with Crippen LogP contribution in [-0.2, 0) is 9.59 Å². The fraction of sp³-hybridized carbons (Fsp3) is 0.357. The Bertz CT molecular complexity index is 570. The molecule has 1 saturated heterocycles. The van der Waals surface area contributed by atoms with E-state index >= 15 is 0 Å². The number of amides is 1. The van der Waals surface area contributed by atoms with Gasteiger partial charge in [0.2, 0.25) is 0 Å². The van der Waals surface area contributed by atoms with E-state index in [0.717, 1.165) is 6.07 Å². The number of carbonyl (C=O) groups excluding carboxylic acids is 2. The van der Waals surface area contributed by atoms with Crippen LogP contribution in [0.4, 0.5) is 4.39 Å². The molecule has 0 spiro atoms. The highest BCUT2D eigenvalue weighted by Gasteiger charge is 2.21. The number of likely N-dealkylation sites (tertiary alicyclic amines) is 1. The van der Waals surface area contributed by atoms with E-state index in [1.54, 1.807) is 0 Å². The van der Waals surface area contributed by atoms with Crippen molar-refractivity contribution in [2.45, 2.75) is 12.8 Å². The van der Waals surface area contributed by atoms with Crippen LogP contribution in [0, 0.1) is 17.1 Å². The van der Waals surface area contributed by atoms with E-state index in [1.807, 2.05) is 6.07 Å². The molecule has 1 aliphatic heterocycles. The predicted molar refractivity (Wildman–Crippen MR) is 67.4 cm³/mol. The van der Waals surface area contributed by atoms with Crippen LogP contribution in [0.3, 0.4) is 0 Å². The molecule has 0 atom stereocenters. The summed E-state index contributed by atoms with van der Waals surface area (Å²) in [4.78, 5) is 24.4. The summed E-state index contributed by atoms with van der Waals surface area (Å²) >= 11 is 0. The minimum absolute atomic E-state index is 0.0644. The molecule has 1 aromatic rings. The molecule has 20 heavy (non-hydrogen) atoms. The van der Waals surface area contributed by atoms with Gasteiger partial charge in [-0.2, -0.15) is 5.26 Å². The number of hydrogen-bond donors (Lipinski definition) is 0. The van der Waals surface area contributed by atoms with Crippen LogP contribution in [0.15, 0.2) is 18.2 Å². The summed E-state index contributed by atoms with van der Waals surface area (Å²) in [7, 11) is 0. The fourth-order valence-corrected chi connectivity index (χ4v) is 1.92. The molecule has 0 saturated carbocycles. The summed E-state index contributed by atoms with van der Waals surface area (Å²) in [5, 5.41) is 8.62. The Labute approximate surface area is 115 Å². The third-order valence-corrected chi connectivity index (χ3v) is 3.09. The summed E-state index contributed by atoms with van der Waals surface area (Å²) in [6.07, 6.45) is 0.716. The highest BCUT2D eigenvalue weighted by molar-refractivity contribution is 5.83. The molecule has 2 rings (SSSR count). The Kier molecular flexibility index (Phi) is 4.31.